The number of hydrogen-bond acceptors (Lipinski definition) is 4. The smallest absolute Gasteiger partial charge is 0.339 e. The second kappa shape index (κ2) is 4.44. The summed E-state index contributed by atoms with van der Waals surface area (Å²) in [5, 5.41) is 9.02. The number of carboxylic acids is 1. The molecule has 7 heteroatoms. The number of nitrogens with one attached hydrogen (secondary N) is 1. The van der Waals surface area contributed by atoms with Gasteiger partial charge in [0.05, 0.1) is 14.4 Å². The summed E-state index contributed by atoms with van der Waals surface area (Å²) in [6.45, 7) is 0. The highest BCUT2D eigenvalue weighted by Crippen LogP contribution is 2.31. The number of H-pyrrole nitrogens is 1. The number of hydrogen-bond donors (Lipinski definition) is 2. The predicted octanol–water partition coefficient (Wildman–Crippen LogP) is 3.33. The SMILES string of the molecule is O=C(O)c1cnc(=S)[nH]c1-c1ccc(Br)s1. The van der Waals surface area contributed by atoms with Crippen LogP contribution >= 0.6 is 39.5 Å². The molecule has 0 bridgehead atoms. The summed E-state index contributed by atoms with van der Waals surface area (Å²) in [6.07, 6.45) is 1.27. The van der Waals surface area contributed by atoms with Gasteiger partial charge in [-0.05, 0) is 40.3 Å². The Hall–Kier alpha value is -1.05. The first-order chi connectivity index (χ1) is 7.58. The van der Waals surface area contributed by atoms with Gasteiger partial charge in [-0.25, -0.2) is 9.78 Å². The second-order valence-electron chi connectivity index (χ2n) is 2.89. The first-order valence-electron chi connectivity index (χ1n) is 4.16. The molecule has 0 unspecified atom stereocenters. The maximum absolute atomic E-state index is 11.0. The lowest BCUT2D eigenvalue weighted by Crippen LogP contribution is -2.02. The molecule has 16 heavy (non-hydrogen) atoms. The Labute approximate surface area is 108 Å². The highest BCUT2D eigenvalue weighted by atomic mass is 79.9. The minimum absolute atomic E-state index is 0.114. The normalized spacial score (nSPS) is 10.3. The second-order valence-corrected chi connectivity index (χ2v) is 5.74. The molecular formula is C9H5BrN2O2S2. The van der Waals surface area contributed by atoms with Crippen molar-refractivity contribution in [3.05, 3.63) is 32.5 Å². The van der Waals surface area contributed by atoms with Gasteiger partial charge in [0.25, 0.3) is 0 Å². The fourth-order valence-corrected chi connectivity index (χ4v) is 2.75. The van der Waals surface area contributed by atoms with E-state index in [2.05, 4.69) is 25.9 Å². The topological polar surface area (TPSA) is 66.0 Å². The quantitative estimate of drug-likeness (QED) is 0.834. The van der Waals surface area contributed by atoms with Gasteiger partial charge < -0.3 is 10.1 Å². The number of nitrogens with zero attached hydrogens (tertiary/aromatic N) is 1. The van der Waals surface area contributed by atoms with Gasteiger partial charge in [-0.1, -0.05) is 0 Å². The first-order valence-corrected chi connectivity index (χ1v) is 6.18. The molecule has 2 aromatic rings. The van der Waals surface area contributed by atoms with E-state index >= 15 is 0 Å². The van der Waals surface area contributed by atoms with E-state index in [4.69, 9.17) is 17.3 Å². The molecule has 0 aliphatic carbocycles. The van der Waals surface area contributed by atoms with Crippen LogP contribution in [0.5, 0.6) is 0 Å². The van der Waals surface area contributed by atoms with Crippen molar-refractivity contribution >= 4 is 45.5 Å². The maximum Gasteiger partial charge on any atom is 0.339 e. The molecule has 2 rings (SSSR count). The van der Waals surface area contributed by atoms with Crippen molar-refractivity contribution in [2.45, 2.75) is 0 Å². The van der Waals surface area contributed by atoms with E-state index in [0.717, 1.165) is 8.66 Å². The molecule has 0 aliphatic rings. The third kappa shape index (κ3) is 2.21. The average Bonchev–Trinajstić information content (AvgIpc) is 2.64. The Balaban J connectivity index is 2.67. The highest BCUT2D eigenvalue weighted by Gasteiger charge is 2.14. The van der Waals surface area contributed by atoms with Crippen LogP contribution in [0.3, 0.4) is 0 Å². The van der Waals surface area contributed by atoms with Crippen molar-refractivity contribution in [2.24, 2.45) is 0 Å². The molecule has 0 saturated heterocycles. The minimum Gasteiger partial charge on any atom is -0.478 e. The van der Waals surface area contributed by atoms with Crippen molar-refractivity contribution in [2.75, 3.05) is 0 Å². The van der Waals surface area contributed by atoms with Crippen LogP contribution in [-0.2, 0) is 0 Å². The van der Waals surface area contributed by atoms with Crippen LogP contribution in [0.25, 0.3) is 10.6 Å². The first kappa shape index (κ1) is 11.4. The van der Waals surface area contributed by atoms with Gasteiger partial charge in [-0.2, -0.15) is 0 Å². The number of aromatic amines is 1. The van der Waals surface area contributed by atoms with Crippen LogP contribution in [0, 0.1) is 4.77 Å². The molecule has 2 aromatic heterocycles. The number of carboxylic acid groups (broad SMARTS) is 1. The fraction of sp³-hybridized carbons (Fsp3) is 0. The molecule has 4 nitrogen and oxygen atoms in total. The Morgan fingerprint density at radius 1 is 1.56 bits per heavy atom. The van der Waals surface area contributed by atoms with Crippen LogP contribution in [0.2, 0.25) is 0 Å². The third-order valence-corrected chi connectivity index (χ3v) is 3.71. The van der Waals surface area contributed by atoms with E-state index in [-0.39, 0.29) is 10.3 Å². The van der Waals surface area contributed by atoms with Gasteiger partial charge in [-0.15, -0.1) is 11.3 Å². The lowest BCUT2D eigenvalue weighted by Gasteiger charge is -2.02. The summed E-state index contributed by atoms with van der Waals surface area (Å²) < 4.78 is 1.19. The summed E-state index contributed by atoms with van der Waals surface area (Å²) in [5.74, 6) is -1.03. The van der Waals surface area contributed by atoms with Crippen molar-refractivity contribution < 1.29 is 9.90 Å². The molecule has 0 aromatic carbocycles. The van der Waals surface area contributed by atoms with Crippen LogP contribution in [-0.4, -0.2) is 21.0 Å². The van der Waals surface area contributed by atoms with Crippen LogP contribution < -0.4 is 0 Å². The molecular weight excluding hydrogens is 312 g/mol. The van der Waals surface area contributed by atoms with E-state index in [0.29, 0.717) is 5.69 Å². The van der Waals surface area contributed by atoms with Gasteiger partial charge in [0.2, 0.25) is 0 Å². The Bertz CT molecular complexity index is 606. The van der Waals surface area contributed by atoms with Crippen LogP contribution in [0.4, 0.5) is 0 Å². The zero-order chi connectivity index (χ0) is 11.7. The lowest BCUT2D eigenvalue weighted by atomic mass is 10.2. The monoisotopic (exact) mass is 316 g/mol. The van der Waals surface area contributed by atoms with Crippen molar-refractivity contribution in [1.29, 1.82) is 0 Å². The molecule has 0 amide bonds. The molecule has 82 valence electrons. The summed E-state index contributed by atoms with van der Waals surface area (Å²) in [7, 11) is 0. The van der Waals surface area contributed by atoms with Crippen LogP contribution in [0.1, 0.15) is 10.4 Å². The highest BCUT2D eigenvalue weighted by molar-refractivity contribution is 9.11. The zero-order valence-electron chi connectivity index (χ0n) is 7.73. The third-order valence-electron chi connectivity index (χ3n) is 1.86. The summed E-state index contributed by atoms with van der Waals surface area (Å²) >= 11 is 9.64. The Morgan fingerprint density at radius 3 is 2.88 bits per heavy atom. The number of aromatic carboxylic acids is 1. The molecule has 0 fully saturated rings. The lowest BCUT2D eigenvalue weighted by molar-refractivity contribution is 0.0697. The van der Waals surface area contributed by atoms with Gasteiger partial charge in [0.1, 0.15) is 5.56 Å². The minimum atomic E-state index is -1.03. The number of carbonyl (C=O) groups is 1. The van der Waals surface area contributed by atoms with E-state index in [1.807, 2.05) is 12.1 Å². The molecule has 2 heterocycles. The van der Waals surface area contributed by atoms with Crippen LogP contribution in [0.15, 0.2) is 22.1 Å². The Kier molecular flexibility index (Phi) is 3.17. The zero-order valence-corrected chi connectivity index (χ0v) is 10.9. The largest absolute Gasteiger partial charge is 0.478 e. The van der Waals surface area contributed by atoms with Gasteiger partial charge in [0, 0.05) is 6.20 Å². The van der Waals surface area contributed by atoms with E-state index in [1.165, 1.54) is 17.5 Å². The van der Waals surface area contributed by atoms with E-state index < -0.39 is 5.97 Å². The number of halogens is 1. The predicted molar refractivity (Wildman–Crippen MR) is 67.4 cm³/mol. The maximum atomic E-state index is 11.0. The number of aromatic nitrogens is 2. The van der Waals surface area contributed by atoms with Crippen molar-refractivity contribution in [3.8, 4) is 10.6 Å². The van der Waals surface area contributed by atoms with Crippen molar-refractivity contribution in [3.63, 3.8) is 0 Å². The van der Waals surface area contributed by atoms with Gasteiger partial charge >= 0.3 is 5.97 Å². The molecule has 0 atom stereocenters. The average molecular weight is 317 g/mol. The summed E-state index contributed by atoms with van der Waals surface area (Å²) in [4.78, 5) is 18.4. The number of thiophene rings is 1. The van der Waals surface area contributed by atoms with Crippen molar-refractivity contribution in [1.82, 2.24) is 9.97 Å². The molecule has 2 N–H and O–H groups in total. The van der Waals surface area contributed by atoms with Gasteiger partial charge in [-0.3, -0.25) is 0 Å². The summed E-state index contributed by atoms with van der Waals surface area (Å²) in [6, 6.07) is 3.67. The molecule has 0 aliphatic heterocycles. The van der Waals surface area contributed by atoms with E-state index in [1.54, 1.807) is 0 Å². The molecule has 0 saturated carbocycles. The molecule has 0 spiro atoms. The van der Waals surface area contributed by atoms with E-state index in [9.17, 15) is 4.79 Å². The number of rotatable bonds is 2. The van der Waals surface area contributed by atoms with Gasteiger partial charge in [0.15, 0.2) is 4.77 Å². The molecule has 0 radical (unpaired) electrons. The summed E-state index contributed by atoms with van der Waals surface area (Å²) in [5.41, 5.74) is 0.603. The Morgan fingerprint density at radius 2 is 2.31 bits per heavy atom. The fourth-order valence-electron chi connectivity index (χ4n) is 1.20. The standard InChI is InChI=1S/C9H5BrN2O2S2/c10-6-2-1-5(16-6)7-4(8(13)14)3-11-9(15)12-7/h1-3H,(H,13,14)(H,11,12,15).